The first-order chi connectivity index (χ1) is 31.7. The Morgan fingerprint density at radius 3 is 1.72 bits per heavy atom. The lowest BCUT2D eigenvalue weighted by Crippen LogP contribution is -2.09. The summed E-state index contributed by atoms with van der Waals surface area (Å²) >= 11 is 0. The van der Waals surface area contributed by atoms with Gasteiger partial charge in [-0.2, -0.15) is 0 Å². The van der Waals surface area contributed by atoms with Gasteiger partial charge in [-0.15, -0.1) is 0 Å². The standard InChI is InChI=1S/C61H42N2O/c1-3-13-40(14-4-1)42-23-30-47(31-24-42)62(48-32-25-43(26-33-48)41-15-5-2-6-16-41)49-34-27-44(28-35-49)55-39-56-52-19-9-11-21-57(52)63(60(56)59-53-20-10-12-22-58(53)64-61(55)59)50-36-29-46-37-45-17-7-8-18-51(45)54(46)38-50/h1-6,8-16,18-36,38-39H,7,17,37H2. The predicted octanol–water partition coefficient (Wildman–Crippen LogP) is 16.8. The highest BCUT2D eigenvalue weighted by Crippen LogP contribution is 2.47. The number of aromatic nitrogens is 1. The second kappa shape index (κ2) is 14.8. The van der Waals surface area contributed by atoms with Crippen molar-refractivity contribution in [1.82, 2.24) is 4.57 Å². The zero-order valence-electron chi connectivity index (χ0n) is 35.2. The smallest absolute Gasteiger partial charge is 0.145 e. The Labute approximate surface area is 372 Å². The maximum Gasteiger partial charge on any atom is 0.145 e. The second-order valence-electron chi connectivity index (χ2n) is 17.2. The van der Waals surface area contributed by atoms with E-state index in [0.717, 1.165) is 69.4 Å². The molecule has 0 amide bonds. The zero-order chi connectivity index (χ0) is 42.1. The summed E-state index contributed by atoms with van der Waals surface area (Å²) in [6.45, 7) is 0. The largest absolute Gasteiger partial charge is 0.455 e. The van der Waals surface area contributed by atoms with Crippen LogP contribution in [0.2, 0.25) is 0 Å². The molecule has 302 valence electrons. The summed E-state index contributed by atoms with van der Waals surface area (Å²) in [6, 6.07) is 74.8. The monoisotopic (exact) mass is 818 g/mol. The van der Waals surface area contributed by atoms with E-state index in [0.29, 0.717) is 0 Å². The van der Waals surface area contributed by atoms with Crippen LogP contribution in [0.5, 0.6) is 0 Å². The zero-order valence-corrected chi connectivity index (χ0v) is 35.2. The van der Waals surface area contributed by atoms with Gasteiger partial charge < -0.3 is 13.9 Å². The summed E-state index contributed by atoms with van der Waals surface area (Å²) in [6.07, 6.45) is 8.02. The van der Waals surface area contributed by atoms with Crippen LogP contribution in [0.15, 0.2) is 228 Å². The second-order valence-corrected chi connectivity index (χ2v) is 17.2. The number of hydrogen-bond acceptors (Lipinski definition) is 2. The third-order valence-electron chi connectivity index (χ3n) is 13.5. The number of benzene rings is 9. The minimum Gasteiger partial charge on any atom is -0.455 e. The lowest BCUT2D eigenvalue weighted by Gasteiger charge is -2.26. The molecule has 64 heavy (non-hydrogen) atoms. The molecule has 0 fully saturated rings. The van der Waals surface area contributed by atoms with E-state index < -0.39 is 0 Å². The lowest BCUT2D eigenvalue weighted by atomic mass is 9.97. The molecule has 3 nitrogen and oxygen atoms in total. The highest BCUT2D eigenvalue weighted by Gasteiger charge is 2.26. The molecule has 2 aromatic heterocycles. The maximum atomic E-state index is 6.95. The molecule has 11 aromatic rings. The van der Waals surface area contributed by atoms with E-state index >= 15 is 0 Å². The molecule has 0 bridgehead atoms. The topological polar surface area (TPSA) is 21.3 Å². The average molecular weight is 819 g/mol. The van der Waals surface area contributed by atoms with Gasteiger partial charge in [0.1, 0.15) is 11.2 Å². The fourth-order valence-electron chi connectivity index (χ4n) is 10.4. The summed E-state index contributed by atoms with van der Waals surface area (Å²) in [4.78, 5) is 2.35. The molecule has 13 rings (SSSR count). The number of anilines is 3. The van der Waals surface area contributed by atoms with Crippen molar-refractivity contribution in [3.63, 3.8) is 0 Å². The summed E-state index contributed by atoms with van der Waals surface area (Å²) < 4.78 is 9.43. The number of rotatable bonds is 7. The average Bonchev–Trinajstić information content (AvgIpc) is 4.05. The van der Waals surface area contributed by atoms with E-state index in [2.05, 4.69) is 228 Å². The van der Waals surface area contributed by atoms with Crippen molar-refractivity contribution in [3.8, 4) is 39.1 Å². The van der Waals surface area contributed by atoms with Gasteiger partial charge in [0.05, 0.1) is 16.4 Å². The molecule has 0 aliphatic heterocycles. The Balaban J connectivity index is 0.970. The number of hydrogen-bond donors (Lipinski definition) is 0. The third kappa shape index (κ3) is 5.89. The van der Waals surface area contributed by atoms with Gasteiger partial charge in [0.15, 0.2) is 0 Å². The molecule has 0 saturated heterocycles. The van der Waals surface area contributed by atoms with Crippen LogP contribution < -0.4 is 4.90 Å². The highest BCUT2D eigenvalue weighted by molar-refractivity contribution is 6.27. The van der Waals surface area contributed by atoms with Crippen molar-refractivity contribution >= 4 is 66.4 Å². The molecular weight excluding hydrogens is 777 g/mol. The minimum absolute atomic E-state index is 0.889. The fourth-order valence-corrected chi connectivity index (χ4v) is 10.4. The van der Waals surface area contributed by atoms with Gasteiger partial charge >= 0.3 is 0 Å². The van der Waals surface area contributed by atoms with Gasteiger partial charge in [0.25, 0.3) is 0 Å². The lowest BCUT2D eigenvalue weighted by molar-refractivity contribution is 0.670. The van der Waals surface area contributed by atoms with Crippen LogP contribution in [0.25, 0.3) is 88.4 Å². The van der Waals surface area contributed by atoms with Crippen LogP contribution in [0.3, 0.4) is 0 Å². The van der Waals surface area contributed by atoms with Crippen LogP contribution >= 0.6 is 0 Å². The summed E-state index contributed by atoms with van der Waals surface area (Å²) in [5.74, 6) is 0. The van der Waals surface area contributed by atoms with E-state index in [1.807, 2.05) is 0 Å². The van der Waals surface area contributed by atoms with Crippen LogP contribution in [0.4, 0.5) is 17.1 Å². The number of allylic oxidation sites excluding steroid dienone is 4. The van der Waals surface area contributed by atoms with Gasteiger partial charge in [0.2, 0.25) is 0 Å². The van der Waals surface area contributed by atoms with Crippen LogP contribution in [0, 0.1) is 0 Å². The summed E-state index contributed by atoms with van der Waals surface area (Å²) in [7, 11) is 0. The van der Waals surface area contributed by atoms with E-state index in [1.54, 1.807) is 5.57 Å². The quantitative estimate of drug-likeness (QED) is 0.160. The Bertz CT molecular complexity index is 3560. The van der Waals surface area contributed by atoms with Crippen LogP contribution in [-0.4, -0.2) is 4.57 Å². The van der Waals surface area contributed by atoms with Crippen molar-refractivity contribution in [1.29, 1.82) is 0 Å². The molecule has 0 unspecified atom stereocenters. The molecule has 3 heteroatoms. The first-order valence-electron chi connectivity index (χ1n) is 22.3. The molecule has 0 saturated carbocycles. The van der Waals surface area contributed by atoms with E-state index in [9.17, 15) is 0 Å². The summed E-state index contributed by atoms with van der Waals surface area (Å²) in [5.41, 5.74) is 21.3. The Morgan fingerprint density at radius 1 is 0.469 bits per heavy atom. The SMILES string of the molecule is C1=CC2=C(CC1)Cc1ccc(-n3c4ccccc4c4cc(-c5ccc(N(c6ccc(-c7ccccc7)cc6)c6ccc(-c7ccccc7)cc6)cc5)c5oc6ccccc6c5c43)cc12. The van der Waals surface area contributed by atoms with E-state index in [-0.39, 0.29) is 0 Å². The van der Waals surface area contributed by atoms with Gasteiger partial charge in [-0.1, -0.05) is 157 Å². The molecule has 0 spiro atoms. The van der Waals surface area contributed by atoms with E-state index in [4.69, 9.17) is 4.42 Å². The van der Waals surface area contributed by atoms with Crippen molar-refractivity contribution in [2.75, 3.05) is 4.90 Å². The molecule has 2 heterocycles. The molecule has 2 aliphatic rings. The van der Waals surface area contributed by atoms with Crippen molar-refractivity contribution in [2.24, 2.45) is 0 Å². The first-order valence-corrected chi connectivity index (χ1v) is 22.3. The normalized spacial score (nSPS) is 13.3. The first kappa shape index (κ1) is 36.5. The van der Waals surface area contributed by atoms with Gasteiger partial charge in [-0.05, 0) is 131 Å². The molecular formula is C61H42N2O. The van der Waals surface area contributed by atoms with Crippen LogP contribution in [-0.2, 0) is 6.42 Å². The number of furan rings is 1. The van der Waals surface area contributed by atoms with Gasteiger partial charge in [-0.25, -0.2) is 0 Å². The maximum absolute atomic E-state index is 6.95. The highest BCUT2D eigenvalue weighted by atomic mass is 16.3. The molecule has 2 aliphatic carbocycles. The Morgan fingerprint density at radius 2 is 1.05 bits per heavy atom. The minimum atomic E-state index is 0.889. The van der Waals surface area contributed by atoms with Gasteiger partial charge in [-0.3, -0.25) is 0 Å². The van der Waals surface area contributed by atoms with Crippen molar-refractivity contribution in [3.05, 3.63) is 235 Å². The third-order valence-corrected chi connectivity index (χ3v) is 13.5. The molecule has 9 aromatic carbocycles. The molecule has 0 N–H and O–H groups in total. The van der Waals surface area contributed by atoms with Crippen molar-refractivity contribution in [2.45, 2.75) is 19.3 Å². The van der Waals surface area contributed by atoms with Gasteiger partial charge in [0, 0.05) is 44.5 Å². The van der Waals surface area contributed by atoms with Crippen molar-refractivity contribution < 1.29 is 4.42 Å². The predicted molar refractivity (Wildman–Crippen MR) is 268 cm³/mol. The molecule has 0 radical (unpaired) electrons. The Kier molecular flexibility index (Phi) is 8.42. The Hall–Kier alpha value is -8.14. The van der Waals surface area contributed by atoms with E-state index in [1.165, 1.54) is 66.4 Å². The number of nitrogens with zero attached hydrogens (tertiary/aromatic N) is 2. The summed E-state index contributed by atoms with van der Waals surface area (Å²) in [5, 5.41) is 4.70. The number of para-hydroxylation sites is 2. The molecule has 0 atom stereocenters. The van der Waals surface area contributed by atoms with Crippen LogP contribution in [0.1, 0.15) is 24.0 Å². The number of fused-ring (bicyclic) bond motifs is 9. The fraction of sp³-hybridized carbons (Fsp3) is 0.0492.